The molecule has 8 nitrogen and oxygen atoms in total. The summed E-state index contributed by atoms with van der Waals surface area (Å²) in [6.45, 7) is 0.931. The summed E-state index contributed by atoms with van der Waals surface area (Å²) in [5.41, 5.74) is 0.285. The van der Waals surface area contributed by atoms with Gasteiger partial charge in [0.05, 0.1) is 10.6 Å². The van der Waals surface area contributed by atoms with Crippen molar-refractivity contribution in [2.45, 2.75) is 35.5 Å². The normalized spacial score (nSPS) is 15.9. The second-order valence-corrected chi connectivity index (χ2v) is 9.57. The minimum Gasteiger partial charge on any atom is -0.325 e. The molecule has 0 radical (unpaired) electrons. The number of thioether (sulfide) groups is 1. The van der Waals surface area contributed by atoms with E-state index in [4.69, 9.17) is 0 Å². The number of carbonyl (C=O) groups is 1. The molecule has 2 heterocycles. The van der Waals surface area contributed by atoms with Crippen LogP contribution >= 0.6 is 11.8 Å². The highest BCUT2D eigenvalue weighted by Crippen LogP contribution is 2.29. The minimum atomic E-state index is -4.64. The smallest absolute Gasteiger partial charge is 0.325 e. The Labute approximate surface area is 175 Å². The molecule has 13 heteroatoms. The van der Waals surface area contributed by atoms with Gasteiger partial charge in [-0.3, -0.25) is 4.79 Å². The molecule has 1 fully saturated rings. The van der Waals surface area contributed by atoms with Crippen molar-refractivity contribution >= 4 is 33.4 Å². The highest BCUT2D eigenvalue weighted by Gasteiger charge is 2.37. The number of benzene rings is 1. The van der Waals surface area contributed by atoms with Crippen molar-refractivity contribution in [2.75, 3.05) is 24.2 Å². The van der Waals surface area contributed by atoms with Crippen molar-refractivity contribution in [1.29, 1.82) is 0 Å². The highest BCUT2D eigenvalue weighted by molar-refractivity contribution is 7.99. The number of aromatic nitrogens is 3. The third-order valence-electron chi connectivity index (χ3n) is 4.49. The number of hydrogen-bond donors (Lipinski definition) is 1. The van der Waals surface area contributed by atoms with Crippen molar-refractivity contribution in [3.63, 3.8) is 0 Å². The lowest BCUT2D eigenvalue weighted by Crippen LogP contribution is -2.35. The standard InChI is InChI=1S/C17H20F3N5O3S2/c1-24-15(17(18,19)20)22-23-16(24)29-11-14(26)21-12-6-5-7-13(10-12)30(27,28)25-8-3-2-4-9-25/h5-7,10H,2-4,8-9,11H2,1H3,(H,21,26). The molecule has 0 aliphatic carbocycles. The van der Waals surface area contributed by atoms with E-state index in [0.29, 0.717) is 13.1 Å². The summed E-state index contributed by atoms with van der Waals surface area (Å²) in [5.74, 6) is -1.88. The van der Waals surface area contributed by atoms with Gasteiger partial charge in [-0.1, -0.05) is 24.2 Å². The van der Waals surface area contributed by atoms with E-state index in [-0.39, 0.29) is 21.5 Å². The maximum absolute atomic E-state index is 12.8. The van der Waals surface area contributed by atoms with Crippen LogP contribution in [0.25, 0.3) is 0 Å². The Hall–Kier alpha value is -2.12. The Morgan fingerprint density at radius 3 is 2.53 bits per heavy atom. The lowest BCUT2D eigenvalue weighted by Gasteiger charge is -2.26. The number of alkyl halides is 3. The van der Waals surface area contributed by atoms with Crippen molar-refractivity contribution < 1.29 is 26.4 Å². The van der Waals surface area contributed by atoms with E-state index < -0.39 is 27.9 Å². The van der Waals surface area contributed by atoms with Crippen molar-refractivity contribution in [3.8, 4) is 0 Å². The summed E-state index contributed by atoms with van der Waals surface area (Å²) < 4.78 is 66.0. The molecule has 0 spiro atoms. The number of rotatable bonds is 6. The molecule has 0 atom stereocenters. The molecular formula is C17H20F3N5O3S2. The fourth-order valence-corrected chi connectivity index (χ4v) is 5.28. The zero-order valence-corrected chi connectivity index (χ0v) is 17.6. The van der Waals surface area contributed by atoms with Gasteiger partial charge in [0.1, 0.15) is 0 Å². The second kappa shape index (κ2) is 8.94. The van der Waals surface area contributed by atoms with Crippen LogP contribution < -0.4 is 5.32 Å². The van der Waals surface area contributed by atoms with E-state index in [9.17, 15) is 26.4 Å². The van der Waals surface area contributed by atoms with Gasteiger partial charge in [-0.25, -0.2) is 8.42 Å². The molecule has 1 aromatic heterocycles. The predicted molar refractivity (Wildman–Crippen MR) is 104 cm³/mol. The Balaban J connectivity index is 1.64. The van der Waals surface area contributed by atoms with Crippen LogP contribution in [0.2, 0.25) is 0 Å². The van der Waals surface area contributed by atoms with Crippen LogP contribution in [0.1, 0.15) is 25.1 Å². The summed E-state index contributed by atoms with van der Waals surface area (Å²) in [5, 5.41) is 9.05. The molecule has 30 heavy (non-hydrogen) atoms. The highest BCUT2D eigenvalue weighted by atomic mass is 32.2. The van der Waals surface area contributed by atoms with Crippen LogP contribution in [0.15, 0.2) is 34.3 Å². The van der Waals surface area contributed by atoms with E-state index in [0.717, 1.165) is 42.6 Å². The van der Waals surface area contributed by atoms with Gasteiger partial charge in [0, 0.05) is 25.8 Å². The maximum atomic E-state index is 12.8. The van der Waals surface area contributed by atoms with Gasteiger partial charge in [-0.05, 0) is 31.0 Å². The van der Waals surface area contributed by atoms with E-state index in [2.05, 4.69) is 15.5 Å². The van der Waals surface area contributed by atoms with E-state index in [1.54, 1.807) is 6.07 Å². The topological polar surface area (TPSA) is 97.2 Å². The van der Waals surface area contributed by atoms with Gasteiger partial charge in [-0.15, -0.1) is 10.2 Å². The molecule has 1 saturated heterocycles. The first-order chi connectivity index (χ1) is 14.1. The van der Waals surface area contributed by atoms with Gasteiger partial charge in [0.2, 0.25) is 21.8 Å². The molecule has 3 rings (SSSR count). The average Bonchev–Trinajstić information content (AvgIpc) is 3.08. The summed E-state index contributed by atoms with van der Waals surface area (Å²) in [4.78, 5) is 12.3. The van der Waals surface area contributed by atoms with Crippen molar-refractivity contribution in [1.82, 2.24) is 19.1 Å². The monoisotopic (exact) mass is 463 g/mol. The van der Waals surface area contributed by atoms with Crippen LogP contribution in [0.5, 0.6) is 0 Å². The van der Waals surface area contributed by atoms with Crippen LogP contribution in [0, 0.1) is 0 Å². The minimum absolute atomic E-state index is 0.0566. The van der Waals surface area contributed by atoms with Gasteiger partial charge < -0.3 is 9.88 Å². The van der Waals surface area contributed by atoms with Gasteiger partial charge in [0.25, 0.3) is 0 Å². The van der Waals surface area contributed by atoms with Crippen LogP contribution in [-0.4, -0.2) is 52.2 Å². The summed E-state index contributed by atoms with van der Waals surface area (Å²) >= 11 is 0.795. The largest absolute Gasteiger partial charge is 0.451 e. The first kappa shape index (κ1) is 22.6. The number of sulfonamides is 1. The molecule has 0 unspecified atom stereocenters. The number of hydrogen-bond acceptors (Lipinski definition) is 6. The zero-order valence-electron chi connectivity index (χ0n) is 16.0. The predicted octanol–water partition coefficient (Wildman–Crippen LogP) is 2.74. The van der Waals surface area contributed by atoms with Crippen LogP contribution in [0.4, 0.5) is 18.9 Å². The molecule has 2 aromatic rings. The third kappa shape index (κ3) is 5.13. The number of anilines is 1. The summed E-state index contributed by atoms with van der Waals surface area (Å²) in [7, 11) is -2.48. The molecule has 0 bridgehead atoms. The number of halogens is 3. The molecule has 1 aromatic carbocycles. The maximum Gasteiger partial charge on any atom is 0.451 e. The summed E-state index contributed by atoms with van der Waals surface area (Å²) in [6.07, 6.45) is -2.02. The Morgan fingerprint density at radius 1 is 1.20 bits per heavy atom. The average molecular weight is 464 g/mol. The van der Waals surface area contributed by atoms with Gasteiger partial charge in [-0.2, -0.15) is 17.5 Å². The number of nitrogens with one attached hydrogen (secondary N) is 1. The molecule has 1 amide bonds. The number of carbonyl (C=O) groups excluding carboxylic acids is 1. The van der Waals surface area contributed by atoms with E-state index >= 15 is 0 Å². The lowest BCUT2D eigenvalue weighted by atomic mass is 10.2. The quantitative estimate of drug-likeness (QED) is 0.662. The Kier molecular flexibility index (Phi) is 6.72. The Bertz CT molecular complexity index is 1020. The van der Waals surface area contributed by atoms with Crippen LogP contribution in [0.3, 0.4) is 0 Å². The van der Waals surface area contributed by atoms with Gasteiger partial charge >= 0.3 is 6.18 Å². The van der Waals surface area contributed by atoms with Crippen molar-refractivity contribution in [3.05, 3.63) is 30.1 Å². The van der Waals surface area contributed by atoms with Gasteiger partial charge in [0.15, 0.2) is 5.16 Å². The molecule has 1 aliphatic heterocycles. The Morgan fingerprint density at radius 2 is 1.90 bits per heavy atom. The number of piperidine rings is 1. The summed E-state index contributed by atoms with van der Waals surface area (Å²) in [6, 6.07) is 5.91. The number of amides is 1. The number of nitrogens with zero attached hydrogens (tertiary/aromatic N) is 4. The molecule has 164 valence electrons. The SMILES string of the molecule is Cn1c(SCC(=O)Nc2cccc(S(=O)(=O)N3CCCCC3)c2)nnc1C(F)(F)F. The zero-order chi connectivity index (χ0) is 21.9. The second-order valence-electron chi connectivity index (χ2n) is 6.69. The van der Waals surface area contributed by atoms with Crippen molar-refractivity contribution in [2.24, 2.45) is 7.05 Å². The molecular weight excluding hydrogens is 443 g/mol. The lowest BCUT2D eigenvalue weighted by molar-refractivity contribution is -0.147. The fraction of sp³-hybridized carbons (Fsp3) is 0.471. The van der Waals surface area contributed by atoms with E-state index in [1.165, 1.54) is 22.5 Å². The molecule has 0 saturated carbocycles. The van der Waals surface area contributed by atoms with Crippen LogP contribution in [-0.2, 0) is 28.0 Å². The third-order valence-corrected chi connectivity index (χ3v) is 7.41. The molecule has 1 aliphatic rings. The fourth-order valence-electron chi connectivity index (χ4n) is 3.00. The first-order valence-corrected chi connectivity index (χ1v) is 11.5. The first-order valence-electron chi connectivity index (χ1n) is 9.08. The van der Waals surface area contributed by atoms with E-state index in [1.807, 2.05) is 0 Å². The molecule has 1 N–H and O–H groups in total.